The molecule has 0 N–H and O–H groups in total. The lowest BCUT2D eigenvalue weighted by Gasteiger charge is -2.18. The number of rotatable bonds is 3. The maximum absolute atomic E-state index is 12.6. The second-order valence-corrected chi connectivity index (χ2v) is 6.80. The third-order valence-corrected chi connectivity index (χ3v) is 5.15. The largest absolute Gasteiger partial charge is 0.497 e. The van der Waals surface area contributed by atoms with Gasteiger partial charge in [-0.05, 0) is 18.2 Å². The molecule has 6 nitrogen and oxygen atoms in total. The van der Waals surface area contributed by atoms with E-state index in [4.69, 9.17) is 20.6 Å². The second kappa shape index (κ2) is 7.17. The Balaban J connectivity index is 1.84. The normalized spacial score (nSPS) is 13.4. The van der Waals surface area contributed by atoms with E-state index in [0.29, 0.717) is 47.4 Å². The summed E-state index contributed by atoms with van der Waals surface area (Å²) in [5, 5.41) is 0. The van der Waals surface area contributed by atoms with Gasteiger partial charge in [-0.1, -0.05) is 23.3 Å². The highest BCUT2D eigenvalue weighted by Crippen LogP contribution is 2.35. The van der Waals surface area contributed by atoms with Crippen molar-refractivity contribution < 1.29 is 19.0 Å². The first-order valence-electron chi connectivity index (χ1n) is 8.29. The van der Waals surface area contributed by atoms with E-state index >= 15 is 0 Å². The van der Waals surface area contributed by atoms with E-state index in [0.717, 1.165) is 10.2 Å². The molecule has 1 aliphatic rings. The summed E-state index contributed by atoms with van der Waals surface area (Å²) in [6.45, 7) is 1.31. The van der Waals surface area contributed by atoms with Gasteiger partial charge in [-0.15, -0.1) is 6.42 Å². The fourth-order valence-corrected chi connectivity index (χ4v) is 3.88. The van der Waals surface area contributed by atoms with Gasteiger partial charge >= 0.3 is 0 Å². The zero-order valence-electron chi connectivity index (χ0n) is 14.6. The Labute approximate surface area is 159 Å². The number of aromatic nitrogens is 1. The fraction of sp³-hybridized carbons (Fsp3) is 0.200. The van der Waals surface area contributed by atoms with Crippen LogP contribution in [0, 0.1) is 12.3 Å². The van der Waals surface area contributed by atoms with Crippen molar-refractivity contribution in [2.24, 2.45) is 4.99 Å². The summed E-state index contributed by atoms with van der Waals surface area (Å²) in [5.41, 5.74) is 1.31. The number of terminal acetylenes is 1. The van der Waals surface area contributed by atoms with Crippen LogP contribution in [-0.4, -0.2) is 30.8 Å². The molecule has 0 unspecified atom stereocenters. The summed E-state index contributed by atoms with van der Waals surface area (Å²) in [6.07, 6.45) is 5.53. The minimum absolute atomic E-state index is 0.296. The van der Waals surface area contributed by atoms with Crippen LogP contribution in [0.15, 0.2) is 41.4 Å². The molecule has 2 aromatic carbocycles. The van der Waals surface area contributed by atoms with Crippen molar-refractivity contribution in [2.45, 2.75) is 6.54 Å². The summed E-state index contributed by atoms with van der Waals surface area (Å²) in [4.78, 5) is 17.5. The van der Waals surface area contributed by atoms with E-state index in [9.17, 15) is 4.79 Å². The SMILES string of the molecule is C#CCn1c(=NC(=O)c2cccc(OC)c2)sc2cc3c(cc21)OCCO3. The molecule has 0 atom stereocenters. The first kappa shape index (κ1) is 17.2. The number of ether oxygens (including phenoxy) is 3. The molecule has 7 heteroatoms. The van der Waals surface area contributed by atoms with Gasteiger partial charge in [0, 0.05) is 17.7 Å². The third kappa shape index (κ3) is 3.27. The molecule has 1 amide bonds. The van der Waals surface area contributed by atoms with Crippen LogP contribution in [0.25, 0.3) is 10.2 Å². The van der Waals surface area contributed by atoms with Gasteiger partial charge in [0.2, 0.25) is 0 Å². The maximum atomic E-state index is 12.6. The zero-order valence-corrected chi connectivity index (χ0v) is 15.4. The molecule has 0 aliphatic carbocycles. The van der Waals surface area contributed by atoms with E-state index in [1.807, 2.05) is 16.7 Å². The van der Waals surface area contributed by atoms with Gasteiger partial charge in [0.1, 0.15) is 19.0 Å². The van der Waals surface area contributed by atoms with Crippen molar-refractivity contribution in [2.75, 3.05) is 20.3 Å². The van der Waals surface area contributed by atoms with Crippen LogP contribution in [0.5, 0.6) is 17.2 Å². The smallest absolute Gasteiger partial charge is 0.279 e. The average molecular weight is 380 g/mol. The minimum Gasteiger partial charge on any atom is -0.497 e. The van der Waals surface area contributed by atoms with Gasteiger partial charge in [0.25, 0.3) is 5.91 Å². The van der Waals surface area contributed by atoms with Gasteiger partial charge < -0.3 is 18.8 Å². The van der Waals surface area contributed by atoms with E-state index in [-0.39, 0.29) is 5.91 Å². The van der Waals surface area contributed by atoms with Gasteiger partial charge in [-0.25, -0.2) is 0 Å². The van der Waals surface area contributed by atoms with E-state index in [1.165, 1.54) is 11.3 Å². The molecule has 136 valence electrons. The third-order valence-electron chi connectivity index (χ3n) is 4.11. The van der Waals surface area contributed by atoms with Crippen molar-refractivity contribution >= 4 is 27.5 Å². The van der Waals surface area contributed by atoms with Gasteiger partial charge in [-0.3, -0.25) is 4.79 Å². The summed E-state index contributed by atoms with van der Waals surface area (Å²) in [6, 6.07) is 10.7. The van der Waals surface area contributed by atoms with E-state index < -0.39 is 0 Å². The van der Waals surface area contributed by atoms with Gasteiger partial charge in [0.15, 0.2) is 16.3 Å². The highest BCUT2D eigenvalue weighted by atomic mass is 32.1. The van der Waals surface area contributed by atoms with Crippen LogP contribution in [0.4, 0.5) is 0 Å². The standard InChI is InChI=1S/C20H16N2O4S/c1-3-7-22-15-11-16-17(26-9-8-25-16)12-18(15)27-20(22)21-19(23)13-5-4-6-14(10-13)24-2/h1,4-6,10-12H,7-9H2,2H3. The number of benzene rings is 2. The molecule has 1 aliphatic heterocycles. The van der Waals surface area contributed by atoms with Crippen LogP contribution in [0.3, 0.4) is 0 Å². The molecular weight excluding hydrogens is 364 g/mol. The molecule has 1 aromatic heterocycles. The zero-order chi connectivity index (χ0) is 18.8. The number of nitrogens with zero attached hydrogens (tertiary/aromatic N) is 2. The highest BCUT2D eigenvalue weighted by Gasteiger charge is 2.17. The first-order valence-corrected chi connectivity index (χ1v) is 9.11. The van der Waals surface area contributed by atoms with Crippen LogP contribution >= 0.6 is 11.3 Å². The highest BCUT2D eigenvalue weighted by molar-refractivity contribution is 7.16. The predicted molar refractivity (Wildman–Crippen MR) is 103 cm³/mol. The van der Waals surface area contributed by atoms with Crippen molar-refractivity contribution in [3.63, 3.8) is 0 Å². The topological polar surface area (TPSA) is 62.1 Å². The number of carbonyl (C=O) groups excluding carboxylic acids is 1. The Morgan fingerprint density at radius 2 is 2.07 bits per heavy atom. The molecule has 0 bridgehead atoms. The molecule has 0 saturated heterocycles. The Bertz CT molecular complexity index is 1140. The number of thiazole rings is 1. The van der Waals surface area contributed by atoms with E-state index in [2.05, 4.69) is 10.9 Å². The first-order chi connectivity index (χ1) is 13.2. The minimum atomic E-state index is -0.358. The number of hydrogen-bond donors (Lipinski definition) is 0. The predicted octanol–water partition coefficient (Wildman–Crippen LogP) is 2.86. The van der Waals surface area contributed by atoms with Crippen molar-refractivity contribution in [3.8, 4) is 29.6 Å². The Morgan fingerprint density at radius 1 is 1.30 bits per heavy atom. The van der Waals surface area contributed by atoms with Gasteiger partial charge in [0.05, 0.1) is 23.9 Å². The van der Waals surface area contributed by atoms with Crippen molar-refractivity contribution in [1.29, 1.82) is 0 Å². The van der Waals surface area contributed by atoms with Crippen LogP contribution in [0.2, 0.25) is 0 Å². The molecule has 4 rings (SSSR count). The number of hydrogen-bond acceptors (Lipinski definition) is 5. The lowest BCUT2D eigenvalue weighted by Crippen LogP contribution is -2.17. The van der Waals surface area contributed by atoms with Crippen molar-refractivity contribution in [3.05, 3.63) is 46.8 Å². The molecule has 27 heavy (non-hydrogen) atoms. The van der Waals surface area contributed by atoms with Gasteiger partial charge in [-0.2, -0.15) is 4.99 Å². The van der Waals surface area contributed by atoms with Crippen LogP contribution in [-0.2, 0) is 6.54 Å². The summed E-state index contributed by atoms with van der Waals surface area (Å²) in [7, 11) is 1.56. The summed E-state index contributed by atoms with van der Waals surface area (Å²) >= 11 is 1.38. The Morgan fingerprint density at radius 3 is 2.81 bits per heavy atom. The molecule has 0 radical (unpaired) electrons. The summed E-state index contributed by atoms with van der Waals surface area (Å²) < 4.78 is 19.2. The second-order valence-electron chi connectivity index (χ2n) is 5.79. The number of methoxy groups -OCH3 is 1. The monoisotopic (exact) mass is 380 g/mol. The molecular formula is C20H16N2O4S. The molecule has 2 heterocycles. The molecule has 0 spiro atoms. The van der Waals surface area contributed by atoms with Crippen molar-refractivity contribution in [1.82, 2.24) is 4.57 Å². The lowest BCUT2D eigenvalue weighted by molar-refractivity contribution is 0.0997. The molecule has 0 saturated carbocycles. The maximum Gasteiger partial charge on any atom is 0.279 e. The Kier molecular flexibility index (Phi) is 4.57. The van der Waals surface area contributed by atoms with Crippen LogP contribution in [0.1, 0.15) is 10.4 Å². The van der Waals surface area contributed by atoms with Crippen LogP contribution < -0.4 is 19.0 Å². The number of fused-ring (bicyclic) bond motifs is 2. The average Bonchev–Trinajstić information content (AvgIpc) is 3.02. The number of carbonyl (C=O) groups is 1. The summed E-state index contributed by atoms with van der Waals surface area (Å²) in [5.74, 6) is 4.22. The quantitative estimate of drug-likeness (QED) is 0.656. The number of amides is 1. The fourth-order valence-electron chi connectivity index (χ4n) is 2.84. The molecule has 3 aromatic rings. The Hall–Kier alpha value is -3.24. The van der Waals surface area contributed by atoms with E-state index in [1.54, 1.807) is 31.4 Å². The molecule has 0 fully saturated rings. The lowest BCUT2D eigenvalue weighted by atomic mass is 10.2.